The minimum absolute atomic E-state index is 0.362. The average molecular weight is 262 g/mol. The number of ether oxygens (including phenoxy) is 2. The van der Waals surface area contributed by atoms with Gasteiger partial charge < -0.3 is 15.2 Å². The first-order valence-electron chi connectivity index (χ1n) is 6.08. The van der Waals surface area contributed by atoms with Gasteiger partial charge in [-0.2, -0.15) is 0 Å². The lowest BCUT2D eigenvalue weighted by molar-refractivity contribution is 0.280. The van der Waals surface area contributed by atoms with Gasteiger partial charge in [-0.3, -0.25) is 4.68 Å². The van der Waals surface area contributed by atoms with Crippen molar-refractivity contribution >= 4 is 0 Å². The second-order valence-electron chi connectivity index (χ2n) is 4.20. The molecule has 2 rings (SSSR count). The second kappa shape index (κ2) is 6.19. The van der Waals surface area contributed by atoms with Crippen LogP contribution >= 0.6 is 0 Å². The van der Waals surface area contributed by atoms with Crippen molar-refractivity contribution in [3.8, 4) is 11.5 Å². The molecule has 0 aliphatic carbocycles. The molecule has 1 heterocycles. The molecule has 6 nitrogen and oxygen atoms in total. The summed E-state index contributed by atoms with van der Waals surface area (Å²) in [4.78, 5) is 0. The van der Waals surface area contributed by atoms with Gasteiger partial charge in [-0.15, -0.1) is 5.10 Å². The quantitative estimate of drug-likeness (QED) is 0.837. The van der Waals surface area contributed by atoms with Crippen molar-refractivity contribution in [3.05, 3.63) is 35.7 Å². The van der Waals surface area contributed by atoms with Crippen molar-refractivity contribution in [2.75, 3.05) is 13.7 Å². The van der Waals surface area contributed by atoms with E-state index in [9.17, 15) is 0 Å². The topological polar surface area (TPSA) is 75.2 Å². The molecule has 0 saturated heterocycles. The Morgan fingerprint density at radius 1 is 1.32 bits per heavy atom. The zero-order valence-corrected chi connectivity index (χ0v) is 11.2. The molecule has 2 aromatic rings. The van der Waals surface area contributed by atoms with Gasteiger partial charge >= 0.3 is 0 Å². The van der Waals surface area contributed by atoms with Gasteiger partial charge in [-0.05, 0) is 30.7 Å². The summed E-state index contributed by atoms with van der Waals surface area (Å²) >= 11 is 0. The molecule has 102 valence electrons. The van der Waals surface area contributed by atoms with Crippen LogP contribution in [-0.2, 0) is 20.1 Å². The molecule has 1 aromatic heterocycles. The Bertz CT molecular complexity index is 539. The van der Waals surface area contributed by atoms with Crippen molar-refractivity contribution in [1.82, 2.24) is 15.0 Å². The Kier molecular flexibility index (Phi) is 4.35. The second-order valence-corrected chi connectivity index (χ2v) is 4.20. The highest BCUT2D eigenvalue weighted by Crippen LogP contribution is 2.28. The highest BCUT2D eigenvalue weighted by Gasteiger charge is 2.07. The third kappa shape index (κ3) is 3.45. The standard InChI is InChI=1S/C13H18N4O2/c1-17-8-11(15-16-17)9-19-12-4-3-10(5-6-14)7-13(12)18-2/h3-4,7-8H,5-6,9,14H2,1-2H3. The van der Waals surface area contributed by atoms with E-state index in [2.05, 4.69) is 10.3 Å². The monoisotopic (exact) mass is 262 g/mol. The molecule has 0 bridgehead atoms. The lowest BCUT2D eigenvalue weighted by atomic mass is 10.1. The summed E-state index contributed by atoms with van der Waals surface area (Å²) in [5, 5.41) is 7.82. The molecule has 2 N–H and O–H groups in total. The van der Waals surface area contributed by atoms with E-state index >= 15 is 0 Å². The van der Waals surface area contributed by atoms with Gasteiger partial charge in [0.2, 0.25) is 0 Å². The van der Waals surface area contributed by atoms with Crippen LogP contribution in [0.25, 0.3) is 0 Å². The minimum Gasteiger partial charge on any atom is -0.493 e. The molecule has 0 amide bonds. The molecule has 6 heteroatoms. The number of hydrogen-bond acceptors (Lipinski definition) is 5. The van der Waals surface area contributed by atoms with Crippen LogP contribution in [0.5, 0.6) is 11.5 Å². The van der Waals surface area contributed by atoms with Gasteiger partial charge in [0.25, 0.3) is 0 Å². The van der Waals surface area contributed by atoms with Gasteiger partial charge in [-0.25, -0.2) is 0 Å². The van der Waals surface area contributed by atoms with Crippen molar-refractivity contribution in [2.24, 2.45) is 12.8 Å². The van der Waals surface area contributed by atoms with E-state index in [1.807, 2.05) is 31.4 Å². The predicted octanol–water partition coefficient (Wildman–Crippen LogP) is 0.904. The number of nitrogens with two attached hydrogens (primary N) is 1. The highest BCUT2D eigenvalue weighted by atomic mass is 16.5. The van der Waals surface area contributed by atoms with Crippen LogP contribution < -0.4 is 15.2 Å². The third-order valence-electron chi connectivity index (χ3n) is 2.69. The Morgan fingerprint density at radius 3 is 2.79 bits per heavy atom. The van der Waals surface area contributed by atoms with E-state index in [4.69, 9.17) is 15.2 Å². The first kappa shape index (κ1) is 13.4. The summed E-state index contributed by atoms with van der Waals surface area (Å²) in [6.07, 6.45) is 2.63. The Hall–Kier alpha value is -2.08. The molecule has 19 heavy (non-hydrogen) atoms. The molecule has 0 spiro atoms. The van der Waals surface area contributed by atoms with Crippen LogP contribution in [0.4, 0.5) is 0 Å². The number of benzene rings is 1. The van der Waals surface area contributed by atoms with E-state index in [-0.39, 0.29) is 0 Å². The normalized spacial score (nSPS) is 10.5. The number of aryl methyl sites for hydroxylation is 1. The maximum atomic E-state index is 5.69. The molecule has 0 aliphatic heterocycles. The Morgan fingerprint density at radius 2 is 2.16 bits per heavy atom. The van der Waals surface area contributed by atoms with Crippen molar-refractivity contribution < 1.29 is 9.47 Å². The molecule has 1 aromatic carbocycles. The summed E-state index contributed by atoms with van der Waals surface area (Å²) in [6, 6.07) is 5.82. The van der Waals surface area contributed by atoms with Crippen molar-refractivity contribution in [1.29, 1.82) is 0 Å². The fourth-order valence-corrected chi connectivity index (χ4v) is 1.77. The fourth-order valence-electron chi connectivity index (χ4n) is 1.77. The average Bonchev–Trinajstić information content (AvgIpc) is 2.83. The Balaban J connectivity index is 2.06. The zero-order valence-electron chi connectivity index (χ0n) is 11.2. The molecule has 0 atom stereocenters. The van der Waals surface area contributed by atoms with E-state index in [1.165, 1.54) is 0 Å². The van der Waals surface area contributed by atoms with Crippen molar-refractivity contribution in [2.45, 2.75) is 13.0 Å². The maximum absolute atomic E-state index is 5.69. The van der Waals surface area contributed by atoms with E-state index < -0.39 is 0 Å². The number of hydrogen-bond donors (Lipinski definition) is 1. The third-order valence-corrected chi connectivity index (χ3v) is 2.69. The van der Waals surface area contributed by atoms with Crippen LogP contribution in [0.1, 0.15) is 11.3 Å². The van der Waals surface area contributed by atoms with Gasteiger partial charge in [-0.1, -0.05) is 11.3 Å². The number of aromatic nitrogens is 3. The first-order valence-corrected chi connectivity index (χ1v) is 6.08. The maximum Gasteiger partial charge on any atom is 0.161 e. The van der Waals surface area contributed by atoms with Gasteiger partial charge in [0.1, 0.15) is 12.3 Å². The van der Waals surface area contributed by atoms with E-state index in [0.717, 1.165) is 17.7 Å². The summed E-state index contributed by atoms with van der Waals surface area (Å²) < 4.78 is 12.6. The molecule has 0 fully saturated rings. The molecular formula is C13H18N4O2. The number of nitrogens with zero attached hydrogens (tertiary/aromatic N) is 3. The summed E-state index contributed by atoms with van der Waals surface area (Å²) in [5.74, 6) is 1.39. The molecule has 0 saturated carbocycles. The predicted molar refractivity (Wildman–Crippen MR) is 71.1 cm³/mol. The van der Waals surface area contributed by atoms with Crippen LogP contribution in [0.3, 0.4) is 0 Å². The molecule has 0 aliphatic rings. The molecular weight excluding hydrogens is 244 g/mol. The smallest absolute Gasteiger partial charge is 0.161 e. The van der Waals surface area contributed by atoms with Crippen LogP contribution in [-0.4, -0.2) is 28.6 Å². The van der Waals surface area contributed by atoms with Crippen LogP contribution in [0.15, 0.2) is 24.4 Å². The van der Waals surface area contributed by atoms with Crippen LogP contribution in [0, 0.1) is 0 Å². The van der Waals surface area contributed by atoms with E-state index in [1.54, 1.807) is 11.8 Å². The van der Waals surface area contributed by atoms with Gasteiger partial charge in [0.15, 0.2) is 11.5 Å². The fraction of sp³-hybridized carbons (Fsp3) is 0.385. The number of methoxy groups -OCH3 is 1. The summed E-state index contributed by atoms with van der Waals surface area (Å²) in [5.41, 5.74) is 7.44. The van der Waals surface area contributed by atoms with Gasteiger partial charge in [0.05, 0.1) is 13.3 Å². The Labute approximate surface area is 112 Å². The summed E-state index contributed by atoms with van der Waals surface area (Å²) in [7, 11) is 3.44. The van der Waals surface area contributed by atoms with E-state index in [0.29, 0.717) is 24.7 Å². The largest absolute Gasteiger partial charge is 0.493 e. The van der Waals surface area contributed by atoms with Gasteiger partial charge in [0, 0.05) is 7.05 Å². The summed E-state index contributed by atoms with van der Waals surface area (Å²) in [6.45, 7) is 0.976. The highest BCUT2D eigenvalue weighted by molar-refractivity contribution is 5.43. The molecule has 0 unspecified atom stereocenters. The first-order chi connectivity index (χ1) is 9.22. The number of rotatable bonds is 6. The lowest BCUT2D eigenvalue weighted by Gasteiger charge is -2.11. The van der Waals surface area contributed by atoms with Crippen molar-refractivity contribution in [3.63, 3.8) is 0 Å². The minimum atomic E-state index is 0.362. The SMILES string of the molecule is COc1cc(CCN)ccc1OCc1cn(C)nn1. The molecule has 0 radical (unpaired) electrons. The lowest BCUT2D eigenvalue weighted by Crippen LogP contribution is -2.03. The zero-order chi connectivity index (χ0) is 13.7. The van der Waals surface area contributed by atoms with Crippen LogP contribution in [0.2, 0.25) is 0 Å².